The van der Waals surface area contributed by atoms with Crippen LogP contribution in [0, 0.1) is 5.92 Å². The summed E-state index contributed by atoms with van der Waals surface area (Å²) >= 11 is 0. The lowest BCUT2D eigenvalue weighted by Crippen LogP contribution is -2.52. The highest BCUT2D eigenvalue weighted by Gasteiger charge is 2.59. The quantitative estimate of drug-likeness (QED) is 0.724. The predicted octanol–water partition coefficient (Wildman–Crippen LogP) is 1.41. The van der Waals surface area contributed by atoms with Gasteiger partial charge in [0.1, 0.15) is 0 Å². The fraction of sp³-hybridized carbons (Fsp3) is 0.857. The number of halogens is 3. The van der Waals surface area contributed by atoms with Crippen molar-refractivity contribution in [1.82, 2.24) is 0 Å². The molecular weight excluding hydrogens is 189 g/mol. The molecule has 0 aliphatic rings. The van der Waals surface area contributed by atoms with Crippen LogP contribution in [0.1, 0.15) is 20.3 Å². The number of carbonyl (C=O) groups is 1. The van der Waals surface area contributed by atoms with E-state index in [-0.39, 0.29) is 0 Å². The molecule has 0 saturated carbocycles. The summed E-state index contributed by atoms with van der Waals surface area (Å²) in [5.74, 6) is -2.81. The predicted molar refractivity (Wildman–Crippen MR) is 38.1 cm³/mol. The zero-order valence-corrected chi connectivity index (χ0v) is 7.22. The fourth-order valence-corrected chi connectivity index (χ4v) is 0.915. The van der Waals surface area contributed by atoms with Gasteiger partial charge in [0, 0.05) is 0 Å². The van der Waals surface area contributed by atoms with Crippen molar-refractivity contribution in [3.8, 4) is 0 Å². The largest absolute Gasteiger partial charge is 0.479 e. The highest BCUT2D eigenvalue weighted by atomic mass is 19.4. The van der Waals surface area contributed by atoms with Crippen LogP contribution in [-0.2, 0) is 4.79 Å². The average molecular weight is 200 g/mol. The van der Waals surface area contributed by atoms with Crippen LogP contribution in [-0.4, -0.2) is 28.0 Å². The van der Waals surface area contributed by atoms with Gasteiger partial charge in [0.25, 0.3) is 5.60 Å². The van der Waals surface area contributed by atoms with Crippen LogP contribution in [0.3, 0.4) is 0 Å². The molecule has 0 saturated heterocycles. The highest BCUT2D eigenvalue weighted by molar-refractivity contribution is 5.78. The van der Waals surface area contributed by atoms with E-state index in [4.69, 9.17) is 10.2 Å². The lowest BCUT2D eigenvalue weighted by atomic mass is 9.92. The van der Waals surface area contributed by atoms with Crippen LogP contribution in [0.15, 0.2) is 0 Å². The number of aliphatic carboxylic acids is 1. The normalized spacial score (nSPS) is 17.2. The maximum Gasteiger partial charge on any atom is 0.428 e. The Morgan fingerprint density at radius 1 is 1.38 bits per heavy atom. The van der Waals surface area contributed by atoms with Crippen LogP contribution in [0.4, 0.5) is 13.2 Å². The Balaban J connectivity index is 4.85. The van der Waals surface area contributed by atoms with Crippen LogP contribution in [0.5, 0.6) is 0 Å². The molecule has 6 heteroatoms. The topological polar surface area (TPSA) is 57.5 Å². The van der Waals surface area contributed by atoms with E-state index in [0.29, 0.717) is 0 Å². The molecule has 13 heavy (non-hydrogen) atoms. The van der Waals surface area contributed by atoms with E-state index < -0.39 is 30.1 Å². The summed E-state index contributed by atoms with van der Waals surface area (Å²) in [4.78, 5) is 10.2. The van der Waals surface area contributed by atoms with E-state index in [1.165, 1.54) is 13.8 Å². The van der Waals surface area contributed by atoms with Gasteiger partial charge in [-0.1, -0.05) is 13.8 Å². The van der Waals surface area contributed by atoms with Crippen molar-refractivity contribution in [1.29, 1.82) is 0 Å². The molecule has 0 spiro atoms. The lowest BCUT2D eigenvalue weighted by Gasteiger charge is -2.27. The molecule has 3 nitrogen and oxygen atoms in total. The smallest absolute Gasteiger partial charge is 0.428 e. The molecule has 0 unspecified atom stereocenters. The van der Waals surface area contributed by atoms with E-state index in [1.54, 1.807) is 0 Å². The summed E-state index contributed by atoms with van der Waals surface area (Å²) in [6, 6.07) is 0. The van der Waals surface area contributed by atoms with E-state index in [0.717, 1.165) is 0 Å². The van der Waals surface area contributed by atoms with Crippen molar-refractivity contribution >= 4 is 5.97 Å². The molecule has 0 amide bonds. The second-order valence-electron chi connectivity index (χ2n) is 3.26. The number of alkyl halides is 3. The van der Waals surface area contributed by atoms with E-state index >= 15 is 0 Å². The maximum absolute atomic E-state index is 12.1. The third-order valence-electron chi connectivity index (χ3n) is 1.53. The molecule has 0 aliphatic heterocycles. The number of hydrogen-bond acceptors (Lipinski definition) is 2. The molecule has 0 radical (unpaired) electrons. The molecule has 0 aliphatic carbocycles. The van der Waals surface area contributed by atoms with Crippen LogP contribution in [0.25, 0.3) is 0 Å². The number of rotatable bonds is 3. The van der Waals surface area contributed by atoms with Crippen LogP contribution >= 0.6 is 0 Å². The number of hydrogen-bond donors (Lipinski definition) is 2. The third kappa shape index (κ3) is 2.58. The maximum atomic E-state index is 12.1. The van der Waals surface area contributed by atoms with E-state index in [1.807, 2.05) is 0 Å². The zero-order chi connectivity index (χ0) is 10.9. The summed E-state index contributed by atoms with van der Waals surface area (Å²) in [6.07, 6.45) is -5.98. The molecule has 0 heterocycles. The van der Waals surface area contributed by atoms with Gasteiger partial charge in [0.2, 0.25) is 0 Å². The first kappa shape index (κ1) is 12.2. The molecule has 0 bridgehead atoms. The SMILES string of the molecule is CC(C)C[C@](O)(C(=O)O)C(F)(F)F. The Bertz CT molecular complexity index is 200. The Morgan fingerprint density at radius 2 is 1.77 bits per heavy atom. The van der Waals surface area contributed by atoms with Crippen LogP contribution in [0.2, 0.25) is 0 Å². The molecular formula is C7H11F3O3. The standard InChI is InChI=1S/C7H11F3O3/c1-4(2)3-6(13,5(11)12)7(8,9)10/h4,13H,3H2,1-2H3,(H,11,12)/t6-/m0/s1. The molecule has 2 N–H and O–H groups in total. The minimum absolute atomic E-state index is 0.553. The van der Waals surface area contributed by atoms with Crippen molar-refractivity contribution < 1.29 is 28.2 Å². The Kier molecular flexibility index (Phi) is 3.32. The molecule has 0 aromatic heterocycles. The molecule has 0 fully saturated rings. The number of carboxylic acids is 1. The molecule has 1 atom stereocenters. The summed E-state index contributed by atoms with van der Waals surface area (Å²) < 4.78 is 36.3. The highest BCUT2D eigenvalue weighted by Crippen LogP contribution is 2.35. The second-order valence-corrected chi connectivity index (χ2v) is 3.26. The summed E-state index contributed by atoms with van der Waals surface area (Å²) in [5.41, 5.74) is -3.62. The minimum Gasteiger partial charge on any atom is -0.479 e. The second kappa shape index (κ2) is 3.53. The fourth-order valence-electron chi connectivity index (χ4n) is 0.915. The van der Waals surface area contributed by atoms with Gasteiger partial charge in [-0.3, -0.25) is 0 Å². The molecule has 0 rings (SSSR count). The Labute approximate surface area is 73.2 Å². The van der Waals surface area contributed by atoms with Gasteiger partial charge in [-0.25, -0.2) is 4.79 Å². The Morgan fingerprint density at radius 3 is 1.85 bits per heavy atom. The van der Waals surface area contributed by atoms with Gasteiger partial charge >= 0.3 is 12.1 Å². The summed E-state index contributed by atoms with van der Waals surface area (Å²) in [5, 5.41) is 17.1. The van der Waals surface area contributed by atoms with Crippen molar-refractivity contribution in [3.63, 3.8) is 0 Å². The minimum atomic E-state index is -5.14. The Hall–Kier alpha value is -0.780. The average Bonchev–Trinajstić information content (AvgIpc) is 1.82. The van der Waals surface area contributed by atoms with Crippen molar-refractivity contribution in [2.75, 3.05) is 0 Å². The van der Waals surface area contributed by atoms with Crippen molar-refractivity contribution in [2.45, 2.75) is 32.0 Å². The van der Waals surface area contributed by atoms with Gasteiger partial charge in [-0.15, -0.1) is 0 Å². The first-order valence-corrected chi connectivity index (χ1v) is 3.63. The lowest BCUT2D eigenvalue weighted by molar-refractivity contribution is -0.264. The zero-order valence-electron chi connectivity index (χ0n) is 7.22. The number of carboxylic acid groups (broad SMARTS) is 1. The monoisotopic (exact) mass is 200 g/mol. The molecule has 0 aromatic carbocycles. The van der Waals surface area contributed by atoms with Gasteiger partial charge in [-0.2, -0.15) is 13.2 Å². The first-order valence-electron chi connectivity index (χ1n) is 3.63. The van der Waals surface area contributed by atoms with Crippen molar-refractivity contribution in [2.24, 2.45) is 5.92 Å². The van der Waals surface area contributed by atoms with Crippen LogP contribution < -0.4 is 0 Å². The van der Waals surface area contributed by atoms with Gasteiger partial charge in [-0.05, 0) is 12.3 Å². The number of aliphatic hydroxyl groups is 1. The first-order chi connectivity index (χ1) is 5.61. The van der Waals surface area contributed by atoms with Gasteiger partial charge in [0.05, 0.1) is 0 Å². The molecule has 78 valence electrons. The van der Waals surface area contributed by atoms with Crippen molar-refractivity contribution in [3.05, 3.63) is 0 Å². The summed E-state index contributed by atoms with van der Waals surface area (Å²) in [7, 11) is 0. The van der Waals surface area contributed by atoms with Gasteiger partial charge in [0.15, 0.2) is 0 Å². The third-order valence-corrected chi connectivity index (χ3v) is 1.53. The van der Waals surface area contributed by atoms with E-state index in [2.05, 4.69) is 0 Å². The van der Waals surface area contributed by atoms with E-state index in [9.17, 15) is 18.0 Å². The summed E-state index contributed by atoms with van der Waals surface area (Å²) in [6.45, 7) is 2.80. The molecule has 0 aromatic rings. The van der Waals surface area contributed by atoms with Gasteiger partial charge < -0.3 is 10.2 Å².